The summed E-state index contributed by atoms with van der Waals surface area (Å²) >= 11 is 6.14. The summed E-state index contributed by atoms with van der Waals surface area (Å²) in [6, 6.07) is 14.9. The van der Waals surface area contributed by atoms with E-state index in [1.54, 1.807) is 22.9 Å². The summed E-state index contributed by atoms with van der Waals surface area (Å²) in [6.45, 7) is 5.05. The van der Waals surface area contributed by atoms with Crippen LogP contribution in [0.2, 0.25) is 5.02 Å². The minimum absolute atomic E-state index is 0.194. The van der Waals surface area contributed by atoms with Crippen molar-refractivity contribution >= 4 is 23.2 Å². The maximum Gasteiger partial charge on any atom is 0.416 e. The van der Waals surface area contributed by atoms with E-state index in [1.807, 2.05) is 30.0 Å². The summed E-state index contributed by atoms with van der Waals surface area (Å²) < 4.78 is 41.3. The van der Waals surface area contributed by atoms with E-state index in [4.69, 9.17) is 11.6 Å². The van der Waals surface area contributed by atoms with Gasteiger partial charge in [-0.25, -0.2) is 4.98 Å². The topological polar surface area (TPSA) is 66.3 Å². The SMILES string of the molecule is Cc1cc(CN2CCN(c3cccc(C(F)(F)F)c3)CC2)c(-c2ccc(Cl)cc2)n1NC(=O)c1cnccn1. The minimum Gasteiger partial charge on any atom is -0.369 e. The molecular weight excluding hydrogens is 529 g/mol. The van der Waals surface area contributed by atoms with E-state index in [9.17, 15) is 18.0 Å². The summed E-state index contributed by atoms with van der Waals surface area (Å²) in [4.78, 5) is 25.2. The number of piperazine rings is 1. The van der Waals surface area contributed by atoms with Gasteiger partial charge in [0, 0.05) is 67.1 Å². The number of amides is 1. The van der Waals surface area contributed by atoms with E-state index in [0.29, 0.717) is 43.4 Å². The number of hydrogen-bond donors (Lipinski definition) is 1. The number of alkyl halides is 3. The summed E-state index contributed by atoms with van der Waals surface area (Å²) in [5.74, 6) is -0.390. The first-order valence-electron chi connectivity index (χ1n) is 12.4. The van der Waals surface area contributed by atoms with Crippen molar-refractivity contribution in [2.24, 2.45) is 0 Å². The van der Waals surface area contributed by atoms with Gasteiger partial charge in [-0.2, -0.15) is 13.2 Å². The Balaban J connectivity index is 1.36. The summed E-state index contributed by atoms with van der Waals surface area (Å²) in [5.41, 5.74) is 6.59. The van der Waals surface area contributed by atoms with Crippen LogP contribution < -0.4 is 10.3 Å². The highest BCUT2D eigenvalue weighted by Crippen LogP contribution is 2.33. The molecule has 1 N–H and O–H groups in total. The van der Waals surface area contributed by atoms with Crippen molar-refractivity contribution in [1.82, 2.24) is 19.5 Å². The number of benzene rings is 2. The molecule has 1 saturated heterocycles. The fraction of sp³-hybridized carbons (Fsp3) is 0.250. The van der Waals surface area contributed by atoms with Crippen molar-refractivity contribution in [3.8, 4) is 11.3 Å². The van der Waals surface area contributed by atoms with Crippen molar-refractivity contribution in [3.05, 3.63) is 101 Å². The number of aryl methyl sites for hydroxylation is 1. The molecule has 0 spiro atoms. The second-order valence-electron chi connectivity index (χ2n) is 9.34. The Morgan fingerprint density at radius 2 is 1.77 bits per heavy atom. The smallest absolute Gasteiger partial charge is 0.369 e. The highest BCUT2D eigenvalue weighted by molar-refractivity contribution is 6.30. The monoisotopic (exact) mass is 554 g/mol. The molecule has 7 nitrogen and oxygen atoms in total. The molecule has 2 aromatic carbocycles. The molecule has 0 unspecified atom stereocenters. The maximum atomic E-state index is 13.2. The number of anilines is 1. The lowest BCUT2D eigenvalue weighted by molar-refractivity contribution is -0.137. The Labute approximate surface area is 228 Å². The molecular formula is C28H26ClF3N6O. The second-order valence-corrected chi connectivity index (χ2v) is 9.78. The quantitative estimate of drug-likeness (QED) is 0.334. The third kappa shape index (κ3) is 6.07. The van der Waals surface area contributed by atoms with Crippen LogP contribution in [-0.2, 0) is 12.7 Å². The zero-order chi connectivity index (χ0) is 27.6. The zero-order valence-corrected chi connectivity index (χ0v) is 21.9. The van der Waals surface area contributed by atoms with Crippen LogP contribution in [0.4, 0.5) is 18.9 Å². The zero-order valence-electron chi connectivity index (χ0n) is 21.1. The van der Waals surface area contributed by atoms with Crippen LogP contribution in [0, 0.1) is 6.92 Å². The number of nitrogens with zero attached hydrogens (tertiary/aromatic N) is 5. The molecule has 2 aromatic heterocycles. The van der Waals surface area contributed by atoms with Gasteiger partial charge in [-0.1, -0.05) is 29.8 Å². The van der Waals surface area contributed by atoms with Crippen molar-refractivity contribution in [1.29, 1.82) is 0 Å². The molecule has 1 amide bonds. The molecule has 0 radical (unpaired) electrons. The lowest BCUT2D eigenvalue weighted by atomic mass is 10.1. The Bertz CT molecular complexity index is 1450. The van der Waals surface area contributed by atoms with Gasteiger partial charge in [0.1, 0.15) is 5.69 Å². The number of rotatable bonds is 6. The van der Waals surface area contributed by atoms with Gasteiger partial charge in [-0.05, 0) is 48.9 Å². The Kier molecular flexibility index (Phi) is 7.58. The van der Waals surface area contributed by atoms with Crippen LogP contribution >= 0.6 is 11.6 Å². The number of nitrogens with one attached hydrogen (secondary N) is 1. The van der Waals surface area contributed by atoms with Gasteiger partial charge in [-0.15, -0.1) is 0 Å². The van der Waals surface area contributed by atoms with Gasteiger partial charge in [0.15, 0.2) is 0 Å². The molecule has 3 heterocycles. The van der Waals surface area contributed by atoms with Crippen molar-refractivity contribution < 1.29 is 18.0 Å². The Morgan fingerprint density at radius 3 is 2.44 bits per heavy atom. The third-order valence-corrected chi connectivity index (χ3v) is 6.95. The van der Waals surface area contributed by atoms with E-state index in [1.165, 1.54) is 30.7 Å². The van der Waals surface area contributed by atoms with E-state index in [0.717, 1.165) is 28.6 Å². The predicted molar refractivity (Wildman–Crippen MR) is 144 cm³/mol. The van der Waals surface area contributed by atoms with Crippen LogP contribution in [0.5, 0.6) is 0 Å². The molecule has 1 aliphatic heterocycles. The molecule has 4 aromatic rings. The average Bonchev–Trinajstić information content (AvgIpc) is 3.23. The van der Waals surface area contributed by atoms with Gasteiger partial charge in [-0.3, -0.25) is 24.8 Å². The molecule has 1 fully saturated rings. The summed E-state index contributed by atoms with van der Waals surface area (Å²) in [7, 11) is 0. The van der Waals surface area contributed by atoms with Gasteiger partial charge < -0.3 is 4.90 Å². The number of carbonyl (C=O) groups excluding carboxylic acids is 1. The van der Waals surface area contributed by atoms with E-state index in [2.05, 4.69) is 20.3 Å². The van der Waals surface area contributed by atoms with Crippen molar-refractivity contribution in [3.63, 3.8) is 0 Å². The third-order valence-electron chi connectivity index (χ3n) is 6.70. The normalized spacial score (nSPS) is 14.4. The predicted octanol–water partition coefficient (Wildman–Crippen LogP) is 5.63. The van der Waals surface area contributed by atoms with Crippen LogP contribution in [0.25, 0.3) is 11.3 Å². The average molecular weight is 555 g/mol. The standard InChI is InChI=1S/C28H26ClF3N6O/c1-19-15-21(18-36-11-13-37(14-12-36)24-4-2-3-22(16-24)28(30,31)32)26(20-5-7-23(29)8-6-20)38(19)35-27(39)25-17-33-9-10-34-25/h2-10,15-17H,11-14,18H2,1H3,(H,35,39). The van der Waals surface area contributed by atoms with Crippen LogP contribution in [0.3, 0.4) is 0 Å². The van der Waals surface area contributed by atoms with Crippen molar-refractivity contribution in [2.45, 2.75) is 19.6 Å². The molecule has 202 valence electrons. The van der Waals surface area contributed by atoms with Gasteiger partial charge in [0.05, 0.1) is 17.5 Å². The Hall–Kier alpha value is -3.89. The largest absolute Gasteiger partial charge is 0.416 e. The lowest BCUT2D eigenvalue weighted by Gasteiger charge is -2.36. The number of hydrogen-bond acceptors (Lipinski definition) is 5. The number of halogens is 4. The maximum absolute atomic E-state index is 13.2. The molecule has 0 saturated carbocycles. The molecule has 5 rings (SSSR count). The first-order valence-corrected chi connectivity index (χ1v) is 12.8. The number of carbonyl (C=O) groups is 1. The minimum atomic E-state index is -4.37. The molecule has 11 heteroatoms. The lowest BCUT2D eigenvalue weighted by Crippen LogP contribution is -2.46. The van der Waals surface area contributed by atoms with E-state index < -0.39 is 17.6 Å². The van der Waals surface area contributed by atoms with E-state index >= 15 is 0 Å². The molecule has 39 heavy (non-hydrogen) atoms. The molecule has 0 aliphatic carbocycles. The van der Waals surface area contributed by atoms with Gasteiger partial charge in [0.25, 0.3) is 5.91 Å². The van der Waals surface area contributed by atoms with Gasteiger partial charge in [0.2, 0.25) is 0 Å². The van der Waals surface area contributed by atoms with Crippen molar-refractivity contribution in [2.75, 3.05) is 36.5 Å². The fourth-order valence-corrected chi connectivity index (χ4v) is 4.88. The first-order chi connectivity index (χ1) is 18.7. The summed E-state index contributed by atoms with van der Waals surface area (Å²) in [5, 5.41) is 0.601. The first kappa shape index (κ1) is 26.7. The van der Waals surface area contributed by atoms with Gasteiger partial charge >= 0.3 is 6.18 Å². The fourth-order valence-electron chi connectivity index (χ4n) is 4.75. The molecule has 0 atom stereocenters. The highest BCUT2D eigenvalue weighted by atomic mass is 35.5. The summed E-state index contributed by atoms with van der Waals surface area (Å²) in [6.07, 6.45) is -0.00591. The highest BCUT2D eigenvalue weighted by Gasteiger charge is 2.31. The molecule has 0 bridgehead atoms. The van der Waals surface area contributed by atoms with E-state index in [-0.39, 0.29) is 5.69 Å². The second kappa shape index (κ2) is 11.1. The number of aromatic nitrogens is 3. The van der Waals surface area contributed by atoms with Crippen LogP contribution in [0.1, 0.15) is 27.3 Å². The van der Waals surface area contributed by atoms with Crippen LogP contribution in [0.15, 0.2) is 73.2 Å². The molecule has 1 aliphatic rings. The Morgan fingerprint density at radius 1 is 1.03 bits per heavy atom. The van der Waals surface area contributed by atoms with Crippen LogP contribution in [-0.4, -0.2) is 51.6 Å².